The summed E-state index contributed by atoms with van der Waals surface area (Å²) in [5, 5.41) is 2.72. The van der Waals surface area contributed by atoms with Crippen molar-refractivity contribution in [1.82, 2.24) is 5.32 Å². The highest BCUT2D eigenvalue weighted by Gasteiger charge is 2.11. The summed E-state index contributed by atoms with van der Waals surface area (Å²) in [5.41, 5.74) is 0.732. The van der Waals surface area contributed by atoms with Crippen LogP contribution < -0.4 is 14.8 Å². The van der Waals surface area contributed by atoms with E-state index in [-0.39, 0.29) is 18.9 Å². The lowest BCUT2D eigenvalue weighted by molar-refractivity contribution is -0.147. The number of nitrogens with one attached hydrogen (secondary N) is 1. The van der Waals surface area contributed by atoms with E-state index in [4.69, 9.17) is 14.2 Å². The van der Waals surface area contributed by atoms with Crippen LogP contribution in [0, 0.1) is 0 Å². The van der Waals surface area contributed by atoms with Gasteiger partial charge in [-0.25, -0.2) is 0 Å². The molecule has 1 rings (SSSR count). The third kappa shape index (κ3) is 7.04. The lowest BCUT2D eigenvalue weighted by Gasteiger charge is -2.10. The molecule has 6 heteroatoms. The van der Waals surface area contributed by atoms with Crippen molar-refractivity contribution in [1.29, 1.82) is 0 Å². The van der Waals surface area contributed by atoms with Crippen LogP contribution in [0.2, 0.25) is 0 Å². The number of benzene rings is 1. The van der Waals surface area contributed by atoms with E-state index in [1.807, 2.05) is 0 Å². The first-order valence-corrected chi connectivity index (χ1v) is 7.74. The van der Waals surface area contributed by atoms with Gasteiger partial charge in [0.2, 0.25) is 0 Å². The van der Waals surface area contributed by atoms with E-state index in [1.165, 1.54) is 7.11 Å². The quantitative estimate of drug-likeness (QED) is 0.527. The number of hydrogen-bond donors (Lipinski definition) is 1. The van der Waals surface area contributed by atoms with Crippen molar-refractivity contribution in [2.75, 3.05) is 27.4 Å². The molecule has 128 valence electrons. The summed E-state index contributed by atoms with van der Waals surface area (Å²) in [6, 6.07) is 5.19. The highest BCUT2D eigenvalue weighted by Crippen LogP contribution is 2.27. The maximum atomic E-state index is 11.8. The predicted octanol–water partition coefficient (Wildman–Crippen LogP) is 2.10. The van der Waals surface area contributed by atoms with Gasteiger partial charge in [0.1, 0.15) is 0 Å². The summed E-state index contributed by atoms with van der Waals surface area (Å²) in [6.45, 7) is 2.45. The summed E-state index contributed by atoms with van der Waals surface area (Å²) in [6.07, 6.45) is 3.17. The van der Waals surface area contributed by atoms with Crippen LogP contribution >= 0.6 is 0 Å². The summed E-state index contributed by atoms with van der Waals surface area (Å²) in [5.74, 6) is 0.408. The van der Waals surface area contributed by atoms with Gasteiger partial charge in [-0.15, -0.1) is 0 Å². The average molecular weight is 323 g/mol. The average Bonchev–Trinajstić information content (AvgIpc) is 2.56. The fourth-order valence-electron chi connectivity index (χ4n) is 2.01. The second-order valence-electron chi connectivity index (χ2n) is 5.08. The van der Waals surface area contributed by atoms with Crippen molar-refractivity contribution in [3.05, 3.63) is 23.8 Å². The van der Waals surface area contributed by atoms with Gasteiger partial charge in [0.05, 0.1) is 20.6 Å². The molecule has 0 radical (unpaired) electrons. The Morgan fingerprint density at radius 2 is 1.83 bits per heavy atom. The monoisotopic (exact) mass is 323 g/mol. The molecule has 6 nitrogen and oxygen atoms in total. The Morgan fingerprint density at radius 3 is 2.48 bits per heavy atom. The Kier molecular flexibility index (Phi) is 8.57. The third-order valence-corrected chi connectivity index (χ3v) is 3.26. The molecule has 0 bridgehead atoms. The molecule has 0 aliphatic heterocycles. The molecule has 0 atom stereocenters. The van der Waals surface area contributed by atoms with Crippen LogP contribution in [0.5, 0.6) is 11.5 Å². The molecular weight excluding hydrogens is 298 g/mol. The van der Waals surface area contributed by atoms with Gasteiger partial charge in [-0.05, 0) is 24.1 Å². The highest BCUT2D eigenvalue weighted by atomic mass is 16.5. The maximum Gasteiger partial charge on any atom is 0.310 e. The van der Waals surface area contributed by atoms with E-state index >= 15 is 0 Å². The van der Waals surface area contributed by atoms with Gasteiger partial charge in [-0.3, -0.25) is 9.59 Å². The van der Waals surface area contributed by atoms with Crippen molar-refractivity contribution in [3.8, 4) is 11.5 Å². The van der Waals surface area contributed by atoms with Gasteiger partial charge in [-0.2, -0.15) is 0 Å². The van der Waals surface area contributed by atoms with Crippen LogP contribution in [0.15, 0.2) is 18.2 Å². The first-order chi connectivity index (χ1) is 11.1. The third-order valence-electron chi connectivity index (χ3n) is 3.26. The number of rotatable bonds is 10. The molecular formula is C17H25NO5. The molecule has 1 aromatic rings. The maximum absolute atomic E-state index is 11.8. The number of ether oxygens (including phenoxy) is 3. The van der Waals surface area contributed by atoms with Crippen LogP contribution in [0.3, 0.4) is 0 Å². The smallest absolute Gasteiger partial charge is 0.310 e. The SMILES string of the molecule is CCCCCNC(=O)COC(=O)Cc1ccc(OC)c(OC)c1. The molecule has 1 aromatic carbocycles. The van der Waals surface area contributed by atoms with Crippen LogP contribution in [-0.2, 0) is 20.7 Å². The minimum atomic E-state index is -0.457. The van der Waals surface area contributed by atoms with Gasteiger partial charge in [-0.1, -0.05) is 25.8 Å². The fraction of sp³-hybridized carbons (Fsp3) is 0.529. The van der Waals surface area contributed by atoms with E-state index < -0.39 is 5.97 Å². The van der Waals surface area contributed by atoms with Gasteiger partial charge in [0.25, 0.3) is 5.91 Å². The van der Waals surface area contributed by atoms with Crippen molar-refractivity contribution in [3.63, 3.8) is 0 Å². The second-order valence-corrected chi connectivity index (χ2v) is 5.08. The number of carbonyl (C=O) groups excluding carboxylic acids is 2. The minimum Gasteiger partial charge on any atom is -0.493 e. The zero-order valence-electron chi connectivity index (χ0n) is 14.0. The molecule has 0 aliphatic carbocycles. The number of unbranched alkanes of at least 4 members (excludes halogenated alkanes) is 2. The molecule has 23 heavy (non-hydrogen) atoms. The molecule has 1 N–H and O–H groups in total. The Balaban J connectivity index is 2.37. The number of carbonyl (C=O) groups is 2. The summed E-state index contributed by atoms with van der Waals surface area (Å²) < 4.78 is 15.3. The standard InChI is InChI=1S/C17H25NO5/c1-4-5-6-9-18-16(19)12-23-17(20)11-13-7-8-14(21-2)15(10-13)22-3/h7-8,10H,4-6,9,11-12H2,1-3H3,(H,18,19). The molecule has 0 heterocycles. The lowest BCUT2D eigenvalue weighted by atomic mass is 10.1. The van der Waals surface area contributed by atoms with Crippen molar-refractivity contribution < 1.29 is 23.8 Å². The van der Waals surface area contributed by atoms with Crippen LogP contribution in [0.1, 0.15) is 31.7 Å². The normalized spacial score (nSPS) is 10.0. The van der Waals surface area contributed by atoms with Crippen molar-refractivity contribution in [2.24, 2.45) is 0 Å². The first-order valence-electron chi connectivity index (χ1n) is 7.74. The number of methoxy groups -OCH3 is 2. The van der Waals surface area contributed by atoms with E-state index in [0.29, 0.717) is 18.0 Å². The zero-order valence-corrected chi connectivity index (χ0v) is 14.0. The van der Waals surface area contributed by atoms with Crippen LogP contribution in [0.4, 0.5) is 0 Å². The van der Waals surface area contributed by atoms with E-state index in [2.05, 4.69) is 12.2 Å². The lowest BCUT2D eigenvalue weighted by Crippen LogP contribution is -2.29. The minimum absolute atomic E-state index is 0.0729. The molecule has 0 unspecified atom stereocenters. The molecule has 0 aromatic heterocycles. The molecule has 0 fully saturated rings. The summed E-state index contributed by atoms with van der Waals surface area (Å²) >= 11 is 0. The van der Waals surface area contributed by atoms with Gasteiger partial charge < -0.3 is 19.5 Å². The zero-order chi connectivity index (χ0) is 17.1. The van der Waals surface area contributed by atoms with Crippen LogP contribution in [-0.4, -0.2) is 39.2 Å². The molecule has 0 aliphatic rings. The van der Waals surface area contributed by atoms with Crippen molar-refractivity contribution in [2.45, 2.75) is 32.6 Å². The molecule has 0 spiro atoms. The second kappa shape index (κ2) is 10.5. The van der Waals surface area contributed by atoms with Gasteiger partial charge >= 0.3 is 5.97 Å². The van der Waals surface area contributed by atoms with Crippen LogP contribution in [0.25, 0.3) is 0 Å². The molecule has 0 saturated heterocycles. The number of esters is 1. The first kappa shape index (κ1) is 18.8. The predicted molar refractivity (Wildman–Crippen MR) is 86.7 cm³/mol. The Morgan fingerprint density at radius 1 is 1.09 bits per heavy atom. The fourth-order valence-corrected chi connectivity index (χ4v) is 2.01. The molecule has 0 saturated carbocycles. The summed E-state index contributed by atoms with van der Waals surface area (Å²) in [4.78, 5) is 23.3. The van der Waals surface area contributed by atoms with E-state index in [1.54, 1.807) is 25.3 Å². The number of hydrogen-bond acceptors (Lipinski definition) is 5. The van der Waals surface area contributed by atoms with Crippen molar-refractivity contribution >= 4 is 11.9 Å². The summed E-state index contributed by atoms with van der Waals surface area (Å²) in [7, 11) is 3.08. The molecule has 1 amide bonds. The Bertz CT molecular complexity index is 516. The van der Waals surface area contributed by atoms with E-state index in [9.17, 15) is 9.59 Å². The van der Waals surface area contributed by atoms with Gasteiger partial charge in [0, 0.05) is 6.54 Å². The number of amides is 1. The van der Waals surface area contributed by atoms with E-state index in [0.717, 1.165) is 24.8 Å². The topological polar surface area (TPSA) is 73.9 Å². The Hall–Kier alpha value is -2.24. The largest absolute Gasteiger partial charge is 0.493 e. The Labute approximate surface area is 137 Å². The van der Waals surface area contributed by atoms with Gasteiger partial charge in [0.15, 0.2) is 18.1 Å². The highest BCUT2D eigenvalue weighted by molar-refractivity contribution is 5.81.